The number of hydrogen-bond acceptors (Lipinski definition) is 0. The van der Waals surface area contributed by atoms with Crippen molar-refractivity contribution in [3.8, 4) is 0 Å². The fourth-order valence-electron chi connectivity index (χ4n) is 2.83. The minimum atomic E-state index is -0.306. The first-order chi connectivity index (χ1) is 9.58. The van der Waals surface area contributed by atoms with E-state index in [2.05, 4.69) is 31.9 Å². The van der Waals surface area contributed by atoms with Gasteiger partial charge in [-0.05, 0) is 22.9 Å². The zero-order valence-electron chi connectivity index (χ0n) is 9.98. The minimum Gasteiger partial charge on any atom is -0.206 e. The highest BCUT2D eigenvalue weighted by molar-refractivity contribution is 9.11. The smallest absolute Gasteiger partial charge is 0.132 e. The summed E-state index contributed by atoms with van der Waals surface area (Å²) in [5.74, 6) is -0.613. The molecule has 0 aliphatic rings. The van der Waals surface area contributed by atoms with Gasteiger partial charge in [0, 0.05) is 30.5 Å². The van der Waals surface area contributed by atoms with E-state index in [1.54, 1.807) is 12.1 Å². The highest BCUT2D eigenvalue weighted by atomic mass is 79.9. The van der Waals surface area contributed by atoms with E-state index < -0.39 is 0 Å². The Morgan fingerprint density at radius 3 is 1.35 bits per heavy atom. The van der Waals surface area contributed by atoms with Crippen LogP contribution in [0.2, 0.25) is 0 Å². The Balaban J connectivity index is 2.47. The molecule has 0 aromatic heterocycles. The molecular formula is C16H6Br2F2. The van der Waals surface area contributed by atoms with Gasteiger partial charge in [0.2, 0.25) is 0 Å². The lowest BCUT2D eigenvalue weighted by Gasteiger charge is -2.14. The van der Waals surface area contributed by atoms with Gasteiger partial charge in [-0.1, -0.05) is 56.1 Å². The van der Waals surface area contributed by atoms with Crippen molar-refractivity contribution in [1.82, 2.24) is 0 Å². The second kappa shape index (κ2) is 4.12. The molecule has 0 atom stereocenters. The maximum absolute atomic E-state index is 14.2. The Hall–Kier alpha value is -1.26. The first-order valence-corrected chi connectivity index (χ1v) is 7.57. The average Bonchev–Trinajstić information content (AvgIpc) is 2.42. The van der Waals surface area contributed by atoms with E-state index in [0.717, 1.165) is 21.5 Å². The van der Waals surface area contributed by atoms with Crippen molar-refractivity contribution in [2.45, 2.75) is 0 Å². The second-order valence-electron chi connectivity index (χ2n) is 4.75. The van der Waals surface area contributed by atoms with E-state index in [0.29, 0.717) is 19.7 Å². The van der Waals surface area contributed by atoms with E-state index in [9.17, 15) is 8.78 Å². The predicted molar refractivity (Wildman–Crippen MR) is 85.5 cm³/mol. The van der Waals surface area contributed by atoms with Crippen LogP contribution >= 0.6 is 31.9 Å². The summed E-state index contributed by atoms with van der Waals surface area (Å²) in [7, 11) is 0. The van der Waals surface area contributed by atoms with Gasteiger partial charge >= 0.3 is 0 Å². The van der Waals surface area contributed by atoms with Crippen LogP contribution in [0.15, 0.2) is 45.3 Å². The van der Waals surface area contributed by atoms with Gasteiger partial charge in [-0.15, -0.1) is 0 Å². The van der Waals surface area contributed by atoms with Gasteiger partial charge in [0.05, 0.1) is 0 Å². The Morgan fingerprint density at radius 1 is 0.600 bits per heavy atom. The molecule has 98 valence electrons. The van der Waals surface area contributed by atoms with Crippen molar-refractivity contribution in [2.24, 2.45) is 0 Å². The molecule has 4 heteroatoms. The Kier molecular flexibility index (Phi) is 2.57. The third-order valence-electron chi connectivity index (χ3n) is 3.70. The summed E-state index contributed by atoms with van der Waals surface area (Å²) >= 11 is 6.77. The van der Waals surface area contributed by atoms with Crippen molar-refractivity contribution in [1.29, 1.82) is 0 Å². The fourth-order valence-corrected chi connectivity index (χ4v) is 3.89. The summed E-state index contributed by atoms with van der Waals surface area (Å²) in [6.45, 7) is 0. The molecule has 0 nitrogen and oxygen atoms in total. The molecule has 0 amide bonds. The molecule has 4 aromatic carbocycles. The average molecular weight is 396 g/mol. The number of halogens is 4. The molecule has 0 saturated carbocycles. The lowest BCUT2D eigenvalue weighted by molar-refractivity contribution is 0.638. The van der Waals surface area contributed by atoms with E-state index >= 15 is 0 Å². The lowest BCUT2D eigenvalue weighted by atomic mass is 9.94. The molecule has 0 aliphatic heterocycles. The third kappa shape index (κ3) is 1.49. The van der Waals surface area contributed by atoms with Crippen molar-refractivity contribution in [3.63, 3.8) is 0 Å². The standard InChI is InChI=1S/C16H6Br2F2/c17-11-5-14(20)10-4-2-8-12(18)6-13(19)9-3-1-7(11)15(10)16(8)9/h1-6H. The van der Waals surface area contributed by atoms with Crippen LogP contribution in [0.1, 0.15) is 0 Å². The Bertz CT molecular complexity index is 839. The van der Waals surface area contributed by atoms with Gasteiger partial charge in [0.25, 0.3) is 0 Å². The van der Waals surface area contributed by atoms with Gasteiger partial charge in [-0.2, -0.15) is 0 Å². The van der Waals surface area contributed by atoms with Crippen molar-refractivity contribution in [2.75, 3.05) is 0 Å². The van der Waals surface area contributed by atoms with E-state index in [1.807, 2.05) is 12.1 Å². The van der Waals surface area contributed by atoms with Crippen molar-refractivity contribution in [3.05, 3.63) is 57.0 Å². The molecule has 0 spiro atoms. The topological polar surface area (TPSA) is 0 Å². The largest absolute Gasteiger partial charge is 0.206 e. The van der Waals surface area contributed by atoms with Crippen molar-refractivity contribution < 1.29 is 8.78 Å². The third-order valence-corrected chi connectivity index (χ3v) is 5.01. The molecule has 0 heterocycles. The number of hydrogen-bond donors (Lipinski definition) is 0. The summed E-state index contributed by atoms with van der Waals surface area (Å²) in [4.78, 5) is 0. The van der Waals surface area contributed by atoms with Crippen LogP contribution in [0.4, 0.5) is 8.78 Å². The number of benzene rings is 4. The van der Waals surface area contributed by atoms with Gasteiger partial charge in [0.1, 0.15) is 11.6 Å². The summed E-state index contributed by atoms with van der Waals surface area (Å²) in [6, 6.07) is 10.0. The number of rotatable bonds is 0. The van der Waals surface area contributed by atoms with E-state index in [4.69, 9.17) is 0 Å². The summed E-state index contributed by atoms with van der Waals surface area (Å²) in [5, 5.41) is 4.31. The maximum atomic E-state index is 14.2. The first kappa shape index (κ1) is 12.5. The van der Waals surface area contributed by atoms with Crippen LogP contribution in [0.5, 0.6) is 0 Å². The van der Waals surface area contributed by atoms with Crippen LogP contribution in [0, 0.1) is 11.6 Å². The van der Waals surface area contributed by atoms with Crippen LogP contribution in [0.25, 0.3) is 32.3 Å². The zero-order chi connectivity index (χ0) is 14.0. The molecule has 0 bridgehead atoms. The first-order valence-electron chi connectivity index (χ1n) is 5.98. The van der Waals surface area contributed by atoms with Crippen LogP contribution in [-0.4, -0.2) is 0 Å². The van der Waals surface area contributed by atoms with Gasteiger partial charge < -0.3 is 0 Å². The van der Waals surface area contributed by atoms with E-state index in [1.165, 1.54) is 12.1 Å². The van der Waals surface area contributed by atoms with Gasteiger partial charge in [-0.3, -0.25) is 0 Å². The molecule has 0 radical (unpaired) electrons. The van der Waals surface area contributed by atoms with Gasteiger partial charge in [0.15, 0.2) is 0 Å². The summed E-state index contributed by atoms with van der Waals surface area (Å²) in [5.41, 5.74) is 0. The molecule has 20 heavy (non-hydrogen) atoms. The quantitative estimate of drug-likeness (QED) is 0.303. The lowest BCUT2D eigenvalue weighted by Crippen LogP contribution is -1.90. The molecule has 0 aliphatic carbocycles. The monoisotopic (exact) mass is 394 g/mol. The van der Waals surface area contributed by atoms with Crippen LogP contribution < -0.4 is 0 Å². The molecule has 0 saturated heterocycles. The fraction of sp³-hybridized carbons (Fsp3) is 0. The predicted octanol–water partition coefficient (Wildman–Crippen LogP) is 6.39. The zero-order valence-corrected chi connectivity index (χ0v) is 13.1. The molecule has 4 rings (SSSR count). The molecule has 0 N–H and O–H groups in total. The minimum absolute atomic E-state index is 0.306. The van der Waals surface area contributed by atoms with Crippen molar-refractivity contribution >= 4 is 64.2 Å². The maximum Gasteiger partial charge on any atom is 0.132 e. The molecule has 4 aromatic rings. The van der Waals surface area contributed by atoms with E-state index in [-0.39, 0.29) is 11.6 Å². The highest BCUT2D eigenvalue weighted by Crippen LogP contribution is 2.41. The summed E-state index contributed by atoms with van der Waals surface area (Å²) in [6.07, 6.45) is 0. The second-order valence-corrected chi connectivity index (χ2v) is 6.46. The summed E-state index contributed by atoms with van der Waals surface area (Å²) < 4.78 is 29.7. The Labute approximate surface area is 130 Å². The normalized spacial score (nSPS) is 12.0. The molecular weight excluding hydrogens is 390 g/mol. The Morgan fingerprint density at radius 2 is 0.950 bits per heavy atom. The molecule has 0 fully saturated rings. The highest BCUT2D eigenvalue weighted by Gasteiger charge is 2.16. The van der Waals surface area contributed by atoms with Crippen LogP contribution in [0.3, 0.4) is 0 Å². The SMILES string of the molecule is Fc1cc(Br)c2ccc3c(F)cc(Br)c4ccc1c2c34. The van der Waals surface area contributed by atoms with Crippen LogP contribution in [-0.2, 0) is 0 Å². The molecule has 0 unspecified atom stereocenters. The van der Waals surface area contributed by atoms with Gasteiger partial charge in [-0.25, -0.2) is 8.78 Å².